The molecule has 0 saturated carbocycles. The lowest BCUT2D eigenvalue weighted by atomic mass is 10.3. The van der Waals surface area contributed by atoms with Gasteiger partial charge in [0.05, 0.1) is 16.5 Å². The Morgan fingerprint density at radius 1 is 1.35 bits per heavy atom. The Bertz CT molecular complexity index is 545. The van der Waals surface area contributed by atoms with Crippen LogP contribution in [0.4, 0.5) is 5.69 Å². The maximum Gasteiger partial charge on any atom is 0.263 e. The van der Waals surface area contributed by atoms with Crippen molar-refractivity contribution < 1.29 is 9.59 Å². The van der Waals surface area contributed by atoms with Gasteiger partial charge in [0.15, 0.2) is 0 Å². The van der Waals surface area contributed by atoms with E-state index in [4.69, 9.17) is 11.6 Å². The molecule has 1 aliphatic heterocycles. The topological polar surface area (TPSA) is 49.4 Å². The summed E-state index contributed by atoms with van der Waals surface area (Å²) < 4.78 is 0. The van der Waals surface area contributed by atoms with Crippen LogP contribution in [0.3, 0.4) is 0 Å². The van der Waals surface area contributed by atoms with Crippen molar-refractivity contribution >= 4 is 40.9 Å². The van der Waals surface area contributed by atoms with Gasteiger partial charge in [-0.05, 0) is 12.1 Å². The molecule has 0 bridgehead atoms. The Labute approximate surface area is 127 Å². The molecule has 1 heterocycles. The fourth-order valence-electron chi connectivity index (χ4n) is 1.97. The lowest BCUT2D eigenvalue weighted by Gasteiger charge is -2.29. The smallest absolute Gasteiger partial charge is 0.263 e. The van der Waals surface area contributed by atoms with Crippen LogP contribution in [0.2, 0.25) is 0 Å². The molecule has 0 spiro atoms. The van der Waals surface area contributed by atoms with Gasteiger partial charge in [0.25, 0.3) is 5.91 Å². The van der Waals surface area contributed by atoms with Gasteiger partial charge in [-0.15, -0.1) is 23.4 Å². The van der Waals surface area contributed by atoms with Gasteiger partial charge < -0.3 is 10.2 Å². The Balaban J connectivity index is 2.24. The van der Waals surface area contributed by atoms with Crippen molar-refractivity contribution in [2.75, 3.05) is 23.5 Å². The van der Waals surface area contributed by atoms with E-state index in [0.29, 0.717) is 22.9 Å². The summed E-state index contributed by atoms with van der Waals surface area (Å²) in [7, 11) is 0. The molecule has 2 amide bonds. The average molecular weight is 311 g/mol. The molecule has 2 rings (SSSR count). The number of allylic oxidation sites excluding steroid dienone is 1. The molecule has 1 aromatic rings. The highest BCUT2D eigenvalue weighted by atomic mass is 35.5. The number of nitrogens with one attached hydrogen (secondary N) is 1. The molecule has 0 fully saturated rings. The van der Waals surface area contributed by atoms with Gasteiger partial charge in [0.1, 0.15) is 0 Å². The zero-order valence-corrected chi connectivity index (χ0v) is 12.6. The second kappa shape index (κ2) is 6.81. The Kier molecular flexibility index (Phi) is 5.09. The lowest BCUT2D eigenvalue weighted by molar-refractivity contribution is -0.126. The minimum atomic E-state index is -0.220. The predicted molar refractivity (Wildman–Crippen MR) is 82.7 cm³/mol. The fraction of sp³-hybridized carbons (Fsp3) is 0.286. The number of amides is 2. The van der Waals surface area contributed by atoms with Crippen molar-refractivity contribution in [3.8, 4) is 0 Å². The molecule has 0 unspecified atom stereocenters. The van der Waals surface area contributed by atoms with E-state index in [2.05, 4.69) is 5.32 Å². The monoisotopic (exact) mass is 310 g/mol. The van der Waals surface area contributed by atoms with E-state index in [1.807, 2.05) is 30.3 Å². The number of carbonyl (C=O) groups excluding carboxylic acids is 2. The highest BCUT2D eigenvalue weighted by molar-refractivity contribution is 8.04. The number of hydrogen-bond acceptors (Lipinski definition) is 3. The molecular weight excluding hydrogens is 296 g/mol. The van der Waals surface area contributed by atoms with E-state index < -0.39 is 0 Å². The SMILES string of the molecule is CC(=O)N1CCSC(C(=O)Nc2ccccc2)=C1CCl. The highest BCUT2D eigenvalue weighted by Crippen LogP contribution is 2.29. The van der Waals surface area contributed by atoms with Crippen LogP contribution in [0, 0.1) is 0 Å². The molecule has 0 atom stereocenters. The largest absolute Gasteiger partial charge is 0.321 e. The van der Waals surface area contributed by atoms with Crippen LogP contribution >= 0.6 is 23.4 Å². The first-order valence-corrected chi connectivity index (χ1v) is 7.72. The van der Waals surface area contributed by atoms with Gasteiger partial charge in [0.2, 0.25) is 5.91 Å². The van der Waals surface area contributed by atoms with Crippen LogP contribution in [-0.2, 0) is 9.59 Å². The number of hydrogen-bond donors (Lipinski definition) is 1. The quantitative estimate of drug-likeness (QED) is 0.873. The molecule has 6 heteroatoms. The molecule has 1 aliphatic rings. The zero-order chi connectivity index (χ0) is 14.5. The van der Waals surface area contributed by atoms with Gasteiger partial charge >= 0.3 is 0 Å². The number of carbonyl (C=O) groups is 2. The fourth-order valence-corrected chi connectivity index (χ4v) is 3.33. The van der Waals surface area contributed by atoms with Crippen LogP contribution in [0.5, 0.6) is 0 Å². The minimum absolute atomic E-state index is 0.0917. The standard InChI is InChI=1S/C14H15ClN2O2S/c1-10(18)17-7-8-20-13(12(17)9-15)14(19)16-11-5-3-2-4-6-11/h2-6H,7-9H2,1H3,(H,16,19). The van der Waals surface area contributed by atoms with E-state index in [1.165, 1.54) is 18.7 Å². The summed E-state index contributed by atoms with van der Waals surface area (Å²) in [5.74, 6) is 0.524. The third-order valence-corrected chi connectivity index (χ3v) is 4.24. The number of alkyl halides is 1. The number of para-hydroxylation sites is 1. The molecule has 106 valence electrons. The van der Waals surface area contributed by atoms with Crippen molar-refractivity contribution in [3.63, 3.8) is 0 Å². The first-order chi connectivity index (χ1) is 9.63. The van der Waals surface area contributed by atoms with E-state index in [9.17, 15) is 9.59 Å². The summed E-state index contributed by atoms with van der Waals surface area (Å²) >= 11 is 7.35. The summed E-state index contributed by atoms with van der Waals surface area (Å²) in [4.78, 5) is 26.0. The molecule has 0 aliphatic carbocycles. The van der Waals surface area contributed by atoms with Crippen LogP contribution < -0.4 is 5.32 Å². The summed E-state index contributed by atoms with van der Waals surface area (Å²) in [6.07, 6.45) is 0. The van der Waals surface area contributed by atoms with E-state index >= 15 is 0 Å². The Morgan fingerprint density at radius 2 is 2.05 bits per heavy atom. The van der Waals surface area contributed by atoms with Gasteiger partial charge in [-0.3, -0.25) is 9.59 Å². The highest BCUT2D eigenvalue weighted by Gasteiger charge is 2.26. The van der Waals surface area contributed by atoms with E-state index in [1.54, 1.807) is 4.90 Å². The number of anilines is 1. The van der Waals surface area contributed by atoms with Crippen LogP contribution in [0.25, 0.3) is 0 Å². The first-order valence-electron chi connectivity index (χ1n) is 6.20. The Hall–Kier alpha value is -1.46. The summed E-state index contributed by atoms with van der Waals surface area (Å²) in [6, 6.07) is 9.21. The van der Waals surface area contributed by atoms with Crippen LogP contribution in [-0.4, -0.2) is 34.9 Å². The maximum absolute atomic E-state index is 12.3. The normalized spacial score (nSPS) is 15.2. The molecule has 1 aromatic carbocycles. The summed E-state index contributed by atoms with van der Waals surface area (Å²) in [6.45, 7) is 2.07. The third kappa shape index (κ3) is 3.35. The second-order valence-corrected chi connectivity index (χ2v) is 5.62. The van der Waals surface area contributed by atoms with Gasteiger partial charge in [-0.25, -0.2) is 0 Å². The van der Waals surface area contributed by atoms with Gasteiger partial charge in [-0.2, -0.15) is 0 Å². The second-order valence-electron chi connectivity index (χ2n) is 4.25. The molecule has 1 N–H and O–H groups in total. The van der Waals surface area contributed by atoms with Crippen LogP contribution in [0.1, 0.15) is 6.92 Å². The predicted octanol–water partition coefficient (Wildman–Crippen LogP) is 2.67. The van der Waals surface area contributed by atoms with Crippen molar-refractivity contribution in [1.29, 1.82) is 0 Å². The first kappa shape index (κ1) is 14.9. The van der Waals surface area contributed by atoms with Gasteiger partial charge in [-0.1, -0.05) is 18.2 Å². The lowest BCUT2D eigenvalue weighted by Crippen LogP contribution is -2.36. The van der Waals surface area contributed by atoms with Crippen molar-refractivity contribution in [1.82, 2.24) is 4.90 Å². The molecule has 0 saturated heterocycles. The number of halogens is 1. The molecule has 0 aromatic heterocycles. The van der Waals surface area contributed by atoms with Gasteiger partial charge in [0, 0.05) is 24.9 Å². The minimum Gasteiger partial charge on any atom is -0.321 e. The molecule has 0 radical (unpaired) electrons. The summed E-state index contributed by atoms with van der Waals surface area (Å²) in [5, 5.41) is 2.82. The van der Waals surface area contributed by atoms with E-state index in [0.717, 1.165) is 5.69 Å². The molecule has 20 heavy (non-hydrogen) atoms. The zero-order valence-electron chi connectivity index (χ0n) is 11.1. The van der Waals surface area contributed by atoms with Crippen molar-refractivity contribution in [2.45, 2.75) is 6.92 Å². The molecule has 4 nitrogen and oxygen atoms in total. The maximum atomic E-state index is 12.3. The molecular formula is C14H15ClN2O2S. The number of nitrogens with zero attached hydrogens (tertiary/aromatic N) is 1. The number of thioether (sulfide) groups is 1. The van der Waals surface area contributed by atoms with Crippen LogP contribution in [0.15, 0.2) is 40.9 Å². The number of rotatable bonds is 3. The number of benzene rings is 1. The third-order valence-electron chi connectivity index (χ3n) is 2.89. The van der Waals surface area contributed by atoms with Crippen molar-refractivity contribution in [3.05, 3.63) is 40.9 Å². The Morgan fingerprint density at radius 3 is 2.65 bits per heavy atom. The summed E-state index contributed by atoms with van der Waals surface area (Å²) in [5.41, 5.74) is 1.31. The van der Waals surface area contributed by atoms with E-state index in [-0.39, 0.29) is 17.7 Å². The average Bonchev–Trinajstić information content (AvgIpc) is 2.47. The van der Waals surface area contributed by atoms with Crippen molar-refractivity contribution in [2.24, 2.45) is 0 Å².